The predicted octanol–water partition coefficient (Wildman–Crippen LogP) is 2.79. The predicted molar refractivity (Wildman–Crippen MR) is 67.7 cm³/mol. The molecular formula is C10H16N2OS2. The fourth-order valence-electron chi connectivity index (χ4n) is 1.09. The SMILES string of the molecule is CCCC(=O)Nc1ncc(CCSC)s1. The average molecular weight is 244 g/mol. The van der Waals surface area contributed by atoms with Gasteiger partial charge in [-0.3, -0.25) is 4.79 Å². The molecule has 0 unspecified atom stereocenters. The van der Waals surface area contributed by atoms with Crippen LogP contribution in [0.4, 0.5) is 5.13 Å². The lowest BCUT2D eigenvalue weighted by molar-refractivity contribution is -0.116. The number of nitrogens with one attached hydrogen (secondary N) is 1. The van der Waals surface area contributed by atoms with Gasteiger partial charge in [0.1, 0.15) is 0 Å². The van der Waals surface area contributed by atoms with Crippen molar-refractivity contribution in [2.75, 3.05) is 17.3 Å². The molecule has 0 aliphatic heterocycles. The maximum Gasteiger partial charge on any atom is 0.226 e. The Hall–Kier alpha value is -0.550. The van der Waals surface area contributed by atoms with E-state index in [4.69, 9.17) is 0 Å². The van der Waals surface area contributed by atoms with E-state index in [-0.39, 0.29) is 5.91 Å². The number of carbonyl (C=O) groups is 1. The van der Waals surface area contributed by atoms with Gasteiger partial charge in [-0.2, -0.15) is 11.8 Å². The van der Waals surface area contributed by atoms with Crippen LogP contribution in [0, 0.1) is 0 Å². The van der Waals surface area contributed by atoms with E-state index in [1.165, 1.54) is 4.88 Å². The van der Waals surface area contributed by atoms with Crippen LogP contribution in [0.25, 0.3) is 0 Å². The van der Waals surface area contributed by atoms with Crippen molar-refractivity contribution in [3.8, 4) is 0 Å². The van der Waals surface area contributed by atoms with Gasteiger partial charge < -0.3 is 5.32 Å². The minimum absolute atomic E-state index is 0.0586. The van der Waals surface area contributed by atoms with E-state index in [2.05, 4.69) is 16.6 Å². The number of amides is 1. The largest absolute Gasteiger partial charge is 0.302 e. The molecule has 1 rings (SSSR count). The average Bonchev–Trinajstić information content (AvgIpc) is 2.63. The van der Waals surface area contributed by atoms with Crippen LogP contribution in [0.1, 0.15) is 24.6 Å². The molecule has 0 aliphatic rings. The van der Waals surface area contributed by atoms with Gasteiger partial charge in [0, 0.05) is 17.5 Å². The Morgan fingerprint density at radius 3 is 3.13 bits per heavy atom. The number of nitrogens with zero attached hydrogens (tertiary/aromatic N) is 1. The molecule has 84 valence electrons. The summed E-state index contributed by atoms with van der Waals surface area (Å²) in [7, 11) is 0. The van der Waals surface area contributed by atoms with Crippen LogP contribution in [0.3, 0.4) is 0 Å². The number of rotatable bonds is 6. The van der Waals surface area contributed by atoms with Crippen molar-refractivity contribution in [3.05, 3.63) is 11.1 Å². The molecule has 1 aromatic heterocycles. The molecule has 1 N–H and O–H groups in total. The Morgan fingerprint density at radius 1 is 1.67 bits per heavy atom. The summed E-state index contributed by atoms with van der Waals surface area (Å²) in [6.45, 7) is 1.99. The second kappa shape index (κ2) is 6.85. The van der Waals surface area contributed by atoms with Gasteiger partial charge in [0.05, 0.1) is 0 Å². The Bertz CT molecular complexity index is 312. The number of aromatic nitrogens is 1. The number of hydrogen-bond acceptors (Lipinski definition) is 4. The number of carbonyl (C=O) groups excluding carboxylic acids is 1. The molecule has 0 fully saturated rings. The van der Waals surface area contributed by atoms with Gasteiger partial charge in [0.25, 0.3) is 0 Å². The highest BCUT2D eigenvalue weighted by atomic mass is 32.2. The quantitative estimate of drug-likeness (QED) is 0.836. The van der Waals surface area contributed by atoms with E-state index in [0.717, 1.165) is 23.7 Å². The van der Waals surface area contributed by atoms with E-state index in [9.17, 15) is 4.79 Å². The minimum atomic E-state index is 0.0586. The first-order valence-corrected chi connectivity index (χ1v) is 7.20. The molecule has 1 aromatic rings. The third-order valence-electron chi connectivity index (χ3n) is 1.83. The number of hydrogen-bond donors (Lipinski definition) is 1. The van der Waals surface area contributed by atoms with Crippen molar-refractivity contribution in [1.82, 2.24) is 4.98 Å². The van der Waals surface area contributed by atoms with Crippen LogP contribution in [0.5, 0.6) is 0 Å². The second-order valence-electron chi connectivity index (χ2n) is 3.17. The number of aryl methyl sites for hydroxylation is 1. The van der Waals surface area contributed by atoms with Crippen molar-refractivity contribution < 1.29 is 4.79 Å². The van der Waals surface area contributed by atoms with Gasteiger partial charge in [0.15, 0.2) is 5.13 Å². The van der Waals surface area contributed by atoms with E-state index in [1.54, 1.807) is 11.3 Å². The lowest BCUT2D eigenvalue weighted by Gasteiger charge is -1.97. The summed E-state index contributed by atoms with van der Waals surface area (Å²) in [6.07, 6.45) is 6.41. The minimum Gasteiger partial charge on any atom is -0.302 e. The van der Waals surface area contributed by atoms with E-state index < -0.39 is 0 Å². The molecular weight excluding hydrogens is 228 g/mol. The molecule has 5 heteroatoms. The molecule has 0 aliphatic carbocycles. The van der Waals surface area contributed by atoms with Crippen LogP contribution in [-0.4, -0.2) is 22.9 Å². The lowest BCUT2D eigenvalue weighted by atomic mass is 10.3. The first-order chi connectivity index (χ1) is 7.26. The summed E-state index contributed by atoms with van der Waals surface area (Å²) < 4.78 is 0. The first kappa shape index (κ1) is 12.5. The van der Waals surface area contributed by atoms with E-state index in [0.29, 0.717) is 6.42 Å². The first-order valence-electron chi connectivity index (χ1n) is 4.99. The fraction of sp³-hybridized carbons (Fsp3) is 0.600. The zero-order valence-corrected chi connectivity index (χ0v) is 10.7. The van der Waals surface area contributed by atoms with Crippen molar-refractivity contribution in [3.63, 3.8) is 0 Å². The van der Waals surface area contributed by atoms with E-state index in [1.807, 2.05) is 24.9 Å². The summed E-state index contributed by atoms with van der Waals surface area (Å²) in [4.78, 5) is 16.7. The Labute approximate surface area is 98.7 Å². The standard InChI is InChI=1S/C10H16N2OS2/c1-3-4-9(13)12-10-11-7-8(15-10)5-6-14-2/h7H,3-6H2,1-2H3,(H,11,12,13). The zero-order chi connectivity index (χ0) is 11.1. The molecule has 1 amide bonds. The molecule has 0 aromatic carbocycles. The Morgan fingerprint density at radius 2 is 2.47 bits per heavy atom. The van der Waals surface area contributed by atoms with Crippen molar-refractivity contribution >= 4 is 34.1 Å². The normalized spacial score (nSPS) is 10.3. The van der Waals surface area contributed by atoms with Gasteiger partial charge in [-0.15, -0.1) is 11.3 Å². The molecule has 0 atom stereocenters. The Balaban J connectivity index is 2.42. The van der Waals surface area contributed by atoms with Crippen LogP contribution >= 0.6 is 23.1 Å². The molecule has 0 bridgehead atoms. The van der Waals surface area contributed by atoms with E-state index >= 15 is 0 Å². The number of thiazole rings is 1. The fourth-order valence-corrected chi connectivity index (χ4v) is 2.47. The molecule has 0 saturated carbocycles. The highest BCUT2D eigenvalue weighted by Crippen LogP contribution is 2.19. The number of thioether (sulfide) groups is 1. The van der Waals surface area contributed by atoms with Crippen LogP contribution in [0.15, 0.2) is 6.20 Å². The summed E-state index contributed by atoms with van der Waals surface area (Å²) in [6, 6.07) is 0. The van der Waals surface area contributed by atoms with Gasteiger partial charge in [0.2, 0.25) is 5.91 Å². The molecule has 0 radical (unpaired) electrons. The van der Waals surface area contributed by atoms with Crippen LogP contribution < -0.4 is 5.32 Å². The maximum absolute atomic E-state index is 11.3. The third-order valence-corrected chi connectivity index (χ3v) is 3.41. The highest BCUT2D eigenvalue weighted by Gasteiger charge is 2.05. The molecule has 0 spiro atoms. The monoisotopic (exact) mass is 244 g/mol. The van der Waals surface area contributed by atoms with Gasteiger partial charge in [-0.05, 0) is 24.9 Å². The van der Waals surface area contributed by atoms with Gasteiger partial charge >= 0.3 is 0 Å². The van der Waals surface area contributed by atoms with Crippen LogP contribution in [-0.2, 0) is 11.2 Å². The second-order valence-corrected chi connectivity index (χ2v) is 5.27. The summed E-state index contributed by atoms with van der Waals surface area (Å²) in [5.41, 5.74) is 0. The summed E-state index contributed by atoms with van der Waals surface area (Å²) >= 11 is 3.39. The summed E-state index contributed by atoms with van der Waals surface area (Å²) in [5, 5.41) is 3.53. The van der Waals surface area contributed by atoms with Crippen LogP contribution in [0.2, 0.25) is 0 Å². The molecule has 0 saturated heterocycles. The summed E-state index contributed by atoms with van der Waals surface area (Å²) in [5.74, 6) is 1.16. The maximum atomic E-state index is 11.3. The lowest BCUT2D eigenvalue weighted by Crippen LogP contribution is -2.09. The molecule has 3 nitrogen and oxygen atoms in total. The molecule has 1 heterocycles. The zero-order valence-electron chi connectivity index (χ0n) is 9.08. The topological polar surface area (TPSA) is 42.0 Å². The van der Waals surface area contributed by atoms with Crippen molar-refractivity contribution in [2.45, 2.75) is 26.2 Å². The van der Waals surface area contributed by atoms with Crippen molar-refractivity contribution in [1.29, 1.82) is 0 Å². The molecule has 15 heavy (non-hydrogen) atoms. The van der Waals surface area contributed by atoms with Gasteiger partial charge in [-0.25, -0.2) is 4.98 Å². The number of anilines is 1. The van der Waals surface area contributed by atoms with Crippen molar-refractivity contribution in [2.24, 2.45) is 0 Å². The smallest absolute Gasteiger partial charge is 0.226 e. The third kappa shape index (κ3) is 4.66. The highest BCUT2D eigenvalue weighted by molar-refractivity contribution is 7.98. The Kier molecular flexibility index (Phi) is 5.71. The van der Waals surface area contributed by atoms with Gasteiger partial charge in [-0.1, -0.05) is 6.92 Å².